The molecular formula is C7H14O4P+. The maximum absolute atomic E-state index is 11.0. The molecule has 5 heteroatoms. The summed E-state index contributed by atoms with van der Waals surface area (Å²) in [5.41, 5.74) is 0. The molecule has 0 N–H and O–H groups in total. The highest BCUT2D eigenvalue weighted by Gasteiger charge is 2.27. The maximum atomic E-state index is 11.0. The lowest BCUT2D eigenvalue weighted by Gasteiger charge is -2.03. The molecule has 0 aromatic rings. The molecule has 2 unspecified atom stereocenters. The van der Waals surface area contributed by atoms with E-state index in [1.165, 1.54) is 14.0 Å². The monoisotopic (exact) mass is 193 g/mol. The van der Waals surface area contributed by atoms with Gasteiger partial charge in [0.2, 0.25) is 6.16 Å². The summed E-state index contributed by atoms with van der Waals surface area (Å²) in [5.74, 6) is -0.124. The van der Waals surface area contributed by atoms with Gasteiger partial charge in [-0.25, -0.2) is 0 Å². The third-order valence-electron chi connectivity index (χ3n) is 1.33. The topological polar surface area (TPSA) is 52.6 Å². The number of rotatable bonds is 6. The summed E-state index contributed by atoms with van der Waals surface area (Å²) in [5, 5.41) is 0. The van der Waals surface area contributed by atoms with Crippen molar-refractivity contribution >= 4 is 13.8 Å². The van der Waals surface area contributed by atoms with Crippen LogP contribution in [0.15, 0.2) is 0 Å². The average molecular weight is 193 g/mol. The van der Waals surface area contributed by atoms with Crippen molar-refractivity contribution in [2.24, 2.45) is 0 Å². The second-order valence-electron chi connectivity index (χ2n) is 2.27. The molecule has 0 rings (SSSR count). The first-order valence-electron chi connectivity index (χ1n) is 3.72. The van der Waals surface area contributed by atoms with Gasteiger partial charge in [0, 0.05) is 7.11 Å². The molecule has 0 aliphatic rings. The van der Waals surface area contributed by atoms with Gasteiger partial charge in [-0.15, -0.1) is 4.52 Å². The molecule has 2 atom stereocenters. The Kier molecular flexibility index (Phi) is 6.07. The Bertz CT molecular complexity index is 169. The van der Waals surface area contributed by atoms with E-state index < -0.39 is 14.1 Å². The van der Waals surface area contributed by atoms with E-state index in [4.69, 9.17) is 9.26 Å². The van der Waals surface area contributed by atoms with E-state index >= 15 is 0 Å². The fourth-order valence-corrected chi connectivity index (χ4v) is 1.77. The van der Waals surface area contributed by atoms with Crippen LogP contribution >= 0.6 is 8.03 Å². The molecule has 0 fully saturated rings. The van der Waals surface area contributed by atoms with Gasteiger partial charge in [-0.2, -0.15) is 0 Å². The number of methoxy groups -OCH3 is 1. The van der Waals surface area contributed by atoms with Crippen LogP contribution in [0.4, 0.5) is 0 Å². The minimum Gasteiger partial charge on any atom is -0.369 e. The van der Waals surface area contributed by atoms with Crippen molar-refractivity contribution in [2.75, 3.05) is 19.9 Å². The minimum atomic E-state index is -1.75. The summed E-state index contributed by atoms with van der Waals surface area (Å²) in [7, 11) is -0.336. The van der Waals surface area contributed by atoms with Crippen LogP contribution in [0.2, 0.25) is 0 Å². The largest absolute Gasteiger partial charge is 0.511 e. The molecule has 0 spiro atoms. The van der Waals surface area contributed by atoms with Gasteiger partial charge in [-0.1, -0.05) is 0 Å². The molecule has 0 aromatic carbocycles. The Morgan fingerprint density at radius 2 is 2.17 bits per heavy atom. The standard InChI is InChI=1S/C7H14O4P/c1-4-11-12(9)5-7(10-3)6(2)8/h7H,4-5H2,1-3H3/q+1. The summed E-state index contributed by atoms with van der Waals surface area (Å²) in [6.07, 6.45) is -0.449. The van der Waals surface area contributed by atoms with Gasteiger partial charge in [0.05, 0.1) is 6.61 Å². The van der Waals surface area contributed by atoms with E-state index in [9.17, 15) is 9.36 Å². The molecule has 4 nitrogen and oxygen atoms in total. The Morgan fingerprint density at radius 3 is 2.50 bits per heavy atom. The molecule has 0 heterocycles. The maximum Gasteiger partial charge on any atom is 0.511 e. The molecule has 0 aliphatic carbocycles. The lowest BCUT2D eigenvalue weighted by molar-refractivity contribution is -0.125. The molecule has 0 aliphatic heterocycles. The number of carbonyl (C=O) groups is 1. The first kappa shape index (κ1) is 11.7. The fraction of sp³-hybridized carbons (Fsp3) is 0.857. The predicted molar refractivity (Wildman–Crippen MR) is 45.6 cm³/mol. The van der Waals surface area contributed by atoms with Crippen molar-refractivity contribution in [3.63, 3.8) is 0 Å². The third kappa shape index (κ3) is 4.54. The van der Waals surface area contributed by atoms with Crippen molar-refractivity contribution in [1.29, 1.82) is 0 Å². The van der Waals surface area contributed by atoms with Crippen molar-refractivity contribution in [3.8, 4) is 0 Å². The SMILES string of the molecule is CCO[P+](=O)CC(OC)C(C)=O. The van der Waals surface area contributed by atoms with Crippen LogP contribution in [0.25, 0.3) is 0 Å². The molecule has 0 aromatic heterocycles. The third-order valence-corrected chi connectivity index (χ3v) is 2.50. The zero-order chi connectivity index (χ0) is 9.56. The van der Waals surface area contributed by atoms with E-state index in [0.29, 0.717) is 6.61 Å². The first-order valence-corrected chi connectivity index (χ1v) is 5.08. The minimum absolute atomic E-state index is 0.124. The van der Waals surface area contributed by atoms with Crippen LogP contribution in [0.3, 0.4) is 0 Å². The first-order chi connectivity index (χ1) is 5.61. The summed E-state index contributed by atoms with van der Waals surface area (Å²) >= 11 is 0. The van der Waals surface area contributed by atoms with Crippen LogP contribution in [-0.4, -0.2) is 31.8 Å². The smallest absolute Gasteiger partial charge is 0.369 e. The van der Waals surface area contributed by atoms with Crippen molar-refractivity contribution in [2.45, 2.75) is 20.0 Å². The van der Waals surface area contributed by atoms with Gasteiger partial charge in [0.25, 0.3) is 0 Å². The van der Waals surface area contributed by atoms with Crippen molar-refractivity contribution in [3.05, 3.63) is 0 Å². The van der Waals surface area contributed by atoms with E-state index in [1.807, 2.05) is 0 Å². The molecule has 0 radical (unpaired) electrons. The van der Waals surface area contributed by atoms with Gasteiger partial charge in [0.15, 0.2) is 11.9 Å². The fourth-order valence-electron chi connectivity index (χ4n) is 0.701. The zero-order valence-electron chi connectivity index (χ0n) is 7.57. The molecule has 12 heavy (non-hydrogen) atoms. The molecular weight excluding hydrogens is 179 g/mol. The number of Topliss-reactive ketones (excluding diaryl/α,β-unsaturated/α-hetero) is 1. The Labute approximate surface area is 73.1 Å². The van der Waals surface area contributed by atoms with Crippen LogP contribution in [-0.2, 0) is 18.6 Å². The number of ketones is 1. The van der Waals surface area contributed by atoms with Crippen LogP contribution < -0.4 is 0 Å². The number of hydrogen-bond donors (Lipinski definition) is 0. The zero-order valence-corrected chi connectivity index (χ0v) is 8.47. The van der Waals surface area contributed by atoms with Gasteiger partial charge in [-0.05, 0) is 18.4 Å². The van der Waals surface area contributed by atoms with Gasteiger partial charge >= 0.3 is 8.03 Å². The lowest BCUT2D eigenvalue weighted by Crippen LogP contribution is -2.22. The van der Waals surface area contributed by atoms with E-state index in [0.717, 1.165) is 0 Å². The van der Waals surface area contributed by atoms with Gasteiger partial charge in [0.1, 0.15) is 0 Å². The highest BCUT2D eigenvalue weighted by Crippen LogP contribution is 2.23. The van der Waals surface area contributed by atoms with Crippen LogP contribution in [0, 0.1) is 0 Å². The quantitative estimate of drug-likeness (QED) is 0.598. The molecule has 0 saturated heterocycles. The molecule has 70 valence electrons. The second kappa shape index (κ2) is 6.23. The van der Waals surface area contributed by atoms with E-state index in [-0.39, 0.29) is 11.9 Å². The lowest BCUT2D eigenvalue weighted by atomic mass is 10.3. The molecule has 0 amide bonds. The summed E-state index contributed by atoms with van der Waals surface area (Å²) < 4.78 is 20.6. The number of ether oxygens (including phenoxy) is 1. The summed E-state index contributed by atoms with van der Waals surface area (Å²) in [6, 6.07) is 0. The average Bonchev–Trinajstić information content (AvgIpc) is 2.00. The molecule has 0 bridgehead atoms. The summed E-state index contributed by atoms with van der Waals surface area (Å²) in [4.78, 5) is 10.8. The normalized spacial score (nSPS) is 14.1. The van der Waals surface area contributed by atoms with Gasteiger partial charge in [-0.3, -0.25) is 4.79 Å². The Balaban J connectivity index is 3.85. The number of hydrogen-bond acceptors (Lipinski definition) is 4. The second-order valence-corrected chi connectivity index (χ2v) is 3.56. The van der Waals surface area contributed by atoms with Gasteiger partial charge < -0.3 is 4.74 Å². The summed E-state index contributed by atoms with van der Waals surface area (Å²) in [6.45, 7) is 3.55. The van der Waals surface area contributed by atoms with E-state index in [2.05, 4.69) is 0 Å². The highest BCUT2D eigenvalue weighted by atomic mass is 31.1. The molecule has 0 saturated carbocycles. The Hall–Kier alpha value is -0.310. The van der Waals surface area contributed by atoms with Crippen LogP contribution in [0.5, 0.6) is 0 Å². The number of carbonyl (C=O) groups excluding carboxylic acids is 1. The van der Waals surface area contributed by atoms with Crippen molar-refractivity contribution < 1.29 is 18.6 Å². The predicted octanol–water partition coefficient (Wildman–Crippen LogP) is 1.37. The Morgan fingerprint density at radius 1 is 1.58 bits per heavy atom. The van der Waals surface area contributed by atoms with Crippen molar-refractivity contribution in [1.82, 2.24) is 0 Å². The van der Waals surface area contributed by atoms with E-state index in [1.54, 1.807) is 6.92 Å². The van der Waals surface area contributed by atoms with Crippen LogP contribution in [0.1, 0.15) is 13.8 Å². The highest BCUT2D eigenvalue weighted by molar-refractivity contribution is 7.39.